The van der Waals surface area contributed by atoms with Gasteiger partial charge in [-0.15, -0.1) is 11.3 Å². The van der Waals surface area contributed by atoms with E-state index in [0.29, 0.717) is 17.2 Å². The summed E-state index contributed by atoms with van der Waals surface area (Å²) in [5, 5.41) is 5.54. The average molecular weight is 382 g/mol. The minimum Gasteiger partial charge on any atom is -0.493 e. The minimum atomic E-state index is -0.186. The Labute approximate surface area is 163 Å². The van der Waals surface area contributed by atoms with Gasteiger partial charge in [0, 0.05) is 10.9 Å². The second-order valence-electron chi connectivity index (χ2n) is 6.16. The van der Waals surface area contributed by atoms with Crippen molar-refractivity contribution in [3.63, 3.8) is 0 Å². The number of aryl methyl sites for hydroxylation is 1. The number of hydrogen-bond donors (Lipinski definition) is 1. The highest BCUT2D eigenvalue weighted by atomic mass is 32.1. The second kappa shape index (κ2) is 8.22. The number of hydrogen-bond acceptors (Lipinski definition) is 5. The molecule has 0 aliphatic heterocycles. The van der Waals surface area contributed by atoms with E-state index in [1.807, 2.05) is 56.3 Å². The Kier molecular flexibility index (Phi) is 5.76. The van der Waals surface area contributed by atoms with Crippen LogP contribution in [-0.4, -0.2) is 25.1 Å². The third-order valence-corrected chi connectivity index (χ3v) is 5.26. The third kappa shape index (κ3) is 4.11. The quantitative estimate of drug-likeness (QED) is 0.675. The van der Waals surface area contributed by atoms with E-state index in [9.17, 15) is 4.79 Å². The summed E-state index contributed by atoms with van der Waals surface area (Å²) in [6.45, 7) is 4.01. The van der Waals surface area contributed by atoms with Gasteiger partial charge in [-0.3, -0.25) is 4.79 Å². The monoisotopic (exact) mass is 382 g/mol. The van der Waals surface area contributed by atoms with Crippen molar-refractivity contribution in [2.75, 3.05) is 14.2 Å². The van der Waals surface area contributed by atoms with Gasteiger partial charge in [0.1, 0.15) is 10.7 Å². The zero-order valence-corrected chi connectivity index (χ0v) is 16.6. The van der Waals surface area contributed by atoms with Gasteiger partial charge in [-0.05, 0) is 43.2 Å². The smallest absolute Gasteiger partial charge is 0.271 e. The van der Waals surface area contributed by atoms with Gasteiger partial charge in [-0.25, -0.2) is 4.98 Å². The van der Waals surface area contributed by atoms with Crippen LogP contribution in [0.2, 0.25) is 0 Å². The van der Waals surface area contributed by atoms with Crippen molar-refractivity contribution in [3.8, 4) is 22.1 Å². The SMILES string of the molecule is COc1ccc(-c2nc(C(=O)N[C@H](C)c3ccccc3C)cs2)cc1OC. The van der Waals surface area contributed by atoms with Crippen LogP contribution < -0.4 is 14.8 Å². The molecule has 1 heterocycles. The van der Waals surface area contributed by atoms with Crippen LogP contribution in [0.25, 0.3) is 10.6 Å². The zero-order chi connectivity index (χ0) is 19.4. The maximum Gasteiger partial charge on any atom is 0.271 e. The van der Waals surface area contributed by atoms with Gasteiger partial charge in [0.25, 0.3) is 5.91 Å². The molecule has 3 rings (SSSR count). The Balaban J connectivity index is 1.77. The summed E-state index contributed by atoms with van der Waals surface area (Å²) in [4.78, 5) is 17.1. The van der Waals surface area contributed by atoms with Crippen molar-refractivity contribution < 1.29 is 14.3 Å². The van der Waals surface area contributed by atoms with E-state index >= 15 is 0 Å². The molecule has 0 spiro atoms. The van der Waals surface area contributed by atoms with Crippen LogP contribution in [0.3, 0.4) is 0 Å². The van der Waals surface area contributed by atoms with Crippen molar-refractivity contribution >= 4 is 17.2 Å². The van der Waals surface area contributed by atoms with E-state index in [-0.39, 0.29) is 11.9 Å². The van der Waals surface area contributed by atoms with Crippen molar-refractivity contribution in [1.29, 1.82) is 0 Å². The summed E-state index contributed by atoms with van der Waals surface area (Å²) in [7, 11) is 3.19. The highest BCUT2D eigenvalue weighted by molar-refractivity contribution is 7.13. The number of carbonyl (C=O) groups is 1. The van der Waals surface area contributed by atoms with Gasteiger partial charge >= 0.3 is 0 Å². The molecule has 0 saturated carbocycles. The maximum absolute atomic E-state index is 12.6. The van der Waals surface area contributed by atoms with Crippen LogP contribution in [0.4, 0.5) is 0 Å². The Morgan fingerprint density at radius 2 is 1.85 bits per heavy atom. The van der Waals surface area contributed by atoms with Crippen molar-refractivity contribution in [2.24, 2.45) is 0 Å². The molecule has 0 aliphatic rings. The van der Waals surface area contributed by atoms with Crippen LogP contribution in [0.1, 0.15) is 34.6 Å². The Hall–Kier alpha value is -2.86. The first-order valence-electron chi connectivity index (χ1n) is 8.57. The molecule has 1 amide bonds. The van der Waals surface area contributed by atoms with Crippen LogP contribution in [0.15, 0.2) is 47.8 Å². The first-order valence-corrected chi connectivity index (χ1v) is 9.45. The standard InChI is InChI=1S/C21H22N2O3S/c1-13-7-5-6-8-16(13)14(2)22-20(24)17-12-27-21(23-17)15-9-10-18(25-3)19(11-15)26-4/h5-12,14H,1-4H3,(H,22,24)/t14-/m1/s1. The zero-order valence-electron chi connectivity index (χ0n) is 15.8. The molecule has 2 aromatic carbocycles. The fourth-order valence-corrected chi connectivity index (χ4v) is 3.70. The number of benzene rings is 2. The molecule has 0 radical (unpaired) electrons. The van der Waals surface area contributed by atoms with Crippen LogP contribution in [0.5, 0.6) is 11.5 Å². The van der Waals surface area contributed by atoms with Gasteiger partial charge in [0.15, 0.2) is 11.5 Å². The molecule has 1 atom stereocenters. The van der Waals surface area contributed by atoms with Crippen LogP contribution >= 0.6 is 11.3 Å². The number of thiazole rings is 1. The Morgan fingerprint density at radius 1 is 1.11 bits per heavy atom. The molecule has 0 fully saturated rings. The van der Waals surface area contributed by atoms with Gasteiger partial charge in [0.2, 0.25) is 0 Å². The lowest BCUT2D eigenvalue weighted by atomic mass is 10.0. The average Bonchev–Trinajstić information content (AvgIpc) is 3.18. The van der Waals surface area contributed by atoms with Crippen LogP contribution in [-0.2, 0) is 0 Å². The molecule has 0 unspecified atom stereocenters. The molecule has 0 saturated heterocycles. The summed E-state index contributed by atoms with van der Waals surface area (Å²) < 4.78 is 10.6. The molecule has 5 nitrogen and oxygen atoms in total. The summed E-state index contributed by atoms with van der Waals surface area (Å²) in [5.41, 5.74) is 3.53. The van der Waals surface area contributed by atoms with Crippen molar-refractivity contribution in [3.05, 3.63) is 64.7 Å². The van der Waals surface area contributed by atoms with Gasteiger partial charge in [-0.1, -0.05) is 24.3 Å². The third-order valence-electron chi connectivity index (χ3n) is 4.37. The number of carbonyl (C=O) groups excluding carboxylic acids is 1. The predicted octanol–water partition coefficient (Wildman–Crippen LogP) is 4.63. The summed E-state index contributed by atoms with van der Waals surface area (Å²) in [6.07, 6.45) is 0. The first kappa shape index (κ1) is 18.9. The topological polar surface area (TPSA) is 60.5 Å². The number of ether oxygens (including phenoxy) is 2. The predicted molar refractivity (Wildman–Crippen MR) is 108 cm³/mol. The van der Waals surface area contributed by atoms with E-state index in [4.69, 9.17) is 9.47 Å². The molecule has 140 valence electrons. The highest BCUT2D eigenvalue weighted by Crippen LogP contribution is 2.33. The molecular formula is C21H22N2O3S. The largest absolute Gasteiger partial charge is 0.493 e. The summed E-state index contributed by atoms with van der Waals surface area (Å²) in [6, 6.07) is 13.5. The van der Waals surface area contributed by atoms with E-state index in [1.54, 1.807) is 19.6 Å². The molecule has 0 aliphatic carbocycles. The summed E-state index contributed by atoms with van der Waals surface area (Å²) in [5.74, 6) is 1.10. The Morgan fingerprint density at radius 3 is 2.56 bits per heavy atom. The lowest BCUT2D eigenvalue weighted by Crippen LogP contribution is -2.27. The summed E-state index contributed by atoms with van der Waals surface area (Å²) >= 11 is 1.42. The molecule has 1 aromatic heterocycles. The number of methoxy groups -OCH3 is 2. The first-order chi connectivity index (χ1) is 13.0. The van der Waals surface area contributed by atoms with Crippen molar-refractivity contribution in [2.45, 2.75) is 19.9 Å². The number of nitrogens with one attached hydrogen (secondary N) is 1. The second-order valence-corrected chi connectivity index (χ2v) is 7.02. The highest BCUT2D eigenvalue weighted by Gasteiger charge is 2.17. The lowest BCUT2D eigenvalue weighted by molar-refractivity contribution is 0.0935. The minimum absolute atomic E-state index is 0.0927. The van der Waals surface area contributed by atoms with E-state index < -0.39 is 0 Å². The molecule has 27 heavy (non-hydrogen) atoms. The van der Waals surface area contributed by atoms with Crippen LogP contribution in [0, 0.1) is 6.92 Å². The fraction of sp³-hybridized carbons (Fsp3) is 0.238. The van der Waals surface area contributed by atoms with E-state index in [1.165, 1.54) is 11.3 Å². The lowest BCUT2D eigenvalue weighted by Gasteiger charge is -2.15. The fourth-order valence-electron chi connectivity index (χ4n) is 2.90. The molecule has 0 bridgehead atoms. The Bertz CT molecular complexity index is 952. The molecular weight excluding hydrogens is 360 g/mol. The number of amides is 1. The number of rotatable bonds is 6. The number of nitrogens with zero attached hydrogens (tertiary/aromatic N) is 1. The van der Waals surface area contributed by atoms with Gasteiger partial charge < -0.3 is 14.8 Å². The molecule has 3 aromatic rings. The molecule has 1 N–H and O–H groups in total. The van der Waals surface area contributed by atoms with Gasteiger partial charge in [0.05, 0.1) is 20.3 Å². The van der Waals surface area contributed by atoms with Crippen molar-refractivity contribution in [1.82, 2.24) is 10.3 Å². The van der Waals surface area contributed by atoms with E-state index in [2.05, 4.69) is 10.3 Å². The van der Waals surface area contributed by atoms with E-state index in [0.717, 1.165) is 21.7 Å². The molecule has 6 heteroatoms. The van der Waals surface area contributed by atoms with Gasteiger partial charge in [-0.2, -0.15) is 0 Å². The normalized spacial score (nSPS) is 11.7. The number of aromatic nitrogens is 1. The maximum atomic E-state index is 12.6.